The minimum absolute atomic E-state index is 0.236. The summed E-state index contributed by atoms with van der Waals surface area (Å²) in [4.78, 5) is 13.4. The first-order valence-corrected chi connectivity index (χ1v) is 5.66. The van der Waals surface area contributed by atoms with Gasteiger partial charge in [0.25, 0.3) is 5.91 Å². The molecule has 0 saturated carbocycles. The van der Waals surface area contributed by atoms with E-state index < -0.39 is 23.1 Å². The number of benzene rings is 1. The van der Waals surface area contributed by atoms with Crippen molar-refractivity contribution in [3.63, 3.8) is 0 Å². The normalized spacial score (nSPS) is 10.2. The minimum atomic E-state index is -1.01. The van der Waals surface area contributed by atoms with Crippen molar-refractivity contribution in [1.29, 1.82) is 0 Å². The lowest BCUT2D eigenvalue weighted by Crippen LogP contribution is -2.33. The lowest BCUT2D eigenvalue weighted by Gasteiger charge is -2.21. The highest BCUT2D eigenvalue weighted by molar-refractivity contribution is 5.95. The highest BCUT2D eigenvalue weighted by Gasteiger charge is 2.23. The number of nitrogens with zero attached hydrogens (tertiary/aromatic N) is 1. The molecule has 0 aliphatic rings. The Hall–Kier alpha value is -1.91. The van der Waals surface area contributed by atoms with Crippen molar-refractivity contribution in [3.05, 3.63) is 42.0 Å². The third kappa shape index (κ3) is 2.85. The summed E-state index contributed by atoms with van der Waals surface area (Å²) in [6.45, 7) is 6.02. The quantitative estimate of drug-likeness (QED) is 0.648. The van der Waals surface area contributed by atoms with E-state index >= 15 is 0 Å². The number of nitrogens with two attached hydrogens (primary N) is 1. The number of hydrogen-bond acceptors (Lipinski definition) is 2. The molecule has 1 aromatic carbocycles. The number of anilines is 1. The summed E-state index contributed by atoms with van der Waals surface area (Å²) in [7, 11) is 0. The zero-order chi connectivity index (χ0) is 13.7. The molecule has 3 nitrogen and oxygen atoms in total. The molecule has 1 aromatic rings. The predicted octanol–water partition coefficient (Wildman–Crippen LogP) is 2.59. The maximum atomic E-state index is 13.7. The molecule has 0 radical (unpaired) electrons. The fourth-order valence-corrected chi connectivity index (χ4v) is 1.62. The number of nitrogen functional groups attached to an aromatic ring is 1. The van der Waals surface area contributed by atoms with Crippen LogP contribution in [0.5, 0.6) is 0 Å². The first-order chi connectivity index (χ1) is 8.52. The summed E-state index contributed by atoms with van der Waals surface area (Å²) in [5.41, 5.74) is 4.50. The Balaban J connectivity index is 3.15. The van der Waals surface area contributed by atoms with Crippen molar-refractivity contribution >= 4 is 11.6 Å². The van der Waals surface area contributed by atoms with Crippen LogP contribution in [0.25, 0.3) is 0 Å². The molecule has 0 aliphatic heterocycles. The van der Waals surface area contributed by atoms with E-state index in [4.69, 9.17) is 5.73 Å². The monoisotopic (exact) mass is 254 g/mol. The molecule has 1 rings (SSSR count). The van der Waals surface area contributed by atoms with Crippen molar-refractivity contribution in [2.45, 2.75) is 13.3 Å². The average molecular weight is 254 g/mol. The highest BCUT2D eigenvalue weighted by atomic mass is 19.1. The molecular formula is C13H16F2N2O. The molecule has 2 N–H and O–H groups in total. The Bertz CT molecular complexity index is 461. The van der Waals surface area contributed by atoms with Gasteiger partial charge in [0.15, 0.2) is 5.82 Å². The molecule has 0 bridgehead atoms. The number of amides is 1. The van der Waals surface area contributed by atoms with Gasteiger partial charge in [-0.3, -0.25) is 4.79 Å². The van der Waals surface area contributed by atoms with Crippen LogP contribution >= 0.6 is 0 Å². The second kappa shape index (κ2) is 6.14. The standard InChI is InChI=1S/C13H16F2N2O/c1-3-7-17(8-4-2)13(18)11-9(14)5-6-10(16)12(11)15/h3,5-6H,1,4,7-8,16H2,2H3. The van der Waals surface area contributed by atoms with Gasteiger partial charge in [-0.15, -0.1) is 6.58 Å². The van der Waals surface area contributed by atoms with Gasteiger partial charge in [-0.25, -0.2) is 8.78 Å². The maximum absolute atomic E-state index is 13.7. The molecule has 98 valence electrons. The molecule has 0 heterocycles. The van der Waals surface area contributed by atoms with Crippen LogP contribution in [-0.2, 0) is 0 Å². The Morgan fingerprint density at radius 1 is 1.50 bits per heavy atom. The Kier molecular flexibility index (Phi) is 4.83. The minimum Gasteiger partial charge on any atom is -0.396 e. The lowest BCUT2D eigenvalue weighted by atomic mass is 10.1. The van der Waals surface area contributed by atoms with Crippen LogP contribution in [0.4, 0.5) is 14.5 Å². The Labute approximate surface area is 105 Å². The van der Waals surface area contributed by atoms with Gasteiger partial charge in [-0.1, -0.05) is 13.0 Å². The van der Waals surface area contributed by atoms with Crippen LogP contribution in [0.2, 0.25) is 0 Å². The maximum Gasteiger partial charge on any atom is 0.260 e. The van der Waals surface area contributed by atoms with Gasteiger partial charge in [0.2, 0.25) is 0 Å². The summed E-state index contributed by atoms with van der Waals surface area (Å²) < 4.78 is 27.3. The third-order valence-corrected chi connectivity index (χ3v) is 2.47. The second-order valence-electron chi connectivity index (χ2n) is 3.87. The zero-order valence-electron chi connectivity index (χ0n) is 10.2. The van der Waals surface area contributed by atoms with E-state index in [9.17, 15) is 13.6 Å². The molecule has 0 aliphatic carbocycles. The van der Waals surface area contributed by atoms with Gasteiger partial charge in [0.1, 0.15) is 11.4 Å². The Morgan fingerprint density at radius 2 is 2.17 bits per heavy atom. The van der Waals surface area contributed by atoms with E-state index in [0.717, 1.165) is 12.1 Å². The highest BCUT2D eigenvalue weighted by Crippen LogP contribution is 2.20. The summed E-state index contributed by atoms with van der Waals surface area (Å²) in [5, 5.41) is 0. The summed E-state index contributed by atoms with van der Waals surface area (Å²) in [6.07, 6.45) is 2.20. The Morgan fingerprint density at radius 3 is 2.72 bits per heavy atom. The molecule has 0 fully saturated rings. The fourth-order valence-electron chi connectivity index (χ4n) is 1.62. The molecule has 1 amide bonds. The smallest absolute Gasteiger partial charge is 0.260 e. The van der Waals surface area contributed by atoms with E-state index in [-0.39, 0.29) is 12.2 Å². The summed E-state index contributed by atoms with van der Waals surface area (Å²) in [6, 6.07) is 2.09. The number of carbonyl (C=O) groups is 1. The predicted molar refractivity (Wildman–Crippen MR) is 67.2 cm³/mol. The number of hydrogen-bond donors (Lipinski definition) is 1. The molecule has 0 atom stereocenters. The summed E-state index contributed by atoms with van der Waals surface area (Å²) in [5.74, 6) is -2.62. The van der Waals surface area contributed by atoms with Crippen LogP contribution in [0.15, 0.2) is 24.8 Å². The molecule has 5 heteroatoms. The second-order valence-corrected chi connectivity index (χ2v) is 3.87. The third-order valence-electron chi connectivity index (χ3n) is 2.47. The van der Waals surface area contributed by atoms with E-state index in [1.54, 1.807) is 0 Å². The average Bonchev–Trinajstić information content (AvgIpc) is 2.34. The van der Waals surface area contributed by atoms with E-state index in [1.807, 2.05) is 6.92 Å². The van der Waals surface area contributed by atoms with Crippen molar-refractivity contribution in [2.24, 2.45) is 0 Å². The zero-order valence-corrected chi connectivity index (χ0v) is 10.2. The number of rotatable bonds is 5. The SMILES string of the molecule is C=CCN(CCC)C(=O)c1c(F)ccc(N)c1F. The van der Waals surface area contributed by atoms with Gasteiger partial charge in [0.05, 0.1) is 5.69 Å². The van der Waals surface area contributed by atoms with E-state index in [1.165, 1.54) is 11.0 Å². The van der Waals surface area contributed by atoms with Crippen LogP contribution in [0.3, 0.4) is 0 Å². The number of carbonyl (C=O) groups excluding carboxylic acids is 1. The first kappa shape index (κ1) is 14.2. The van der Waals surface area contributed by atoms with Crippen LogP contribution in [0.1, 0.15) is 23.7 Å². The topological polar surface area (TPSA) is 46.3 Å². The van der Waals surface area contributed by atoms with Crippen molar-refractivity contribution < 1.29 is 13.6 Å². The van der Waals surface area contributed by atoms with Gasteiger partial charge < -0.3 is 10.6 Å². The summed E-state index contributed by atoms with van der Waals surface area (Å²) >= 11 is 0. The fraction of sp³-hybridized carbons (Fsp3) is 0.308. The lowest BCUT2D eigenvalue weighted by molar-refractivity contribution is 0.0764. The molecule has 0 aromatic heterocycles. The van der Waals surface area contributed by atoms with Crippen molar-refractivity contribution in [2.75, 3.05) is 18.8 Å². The van der Waals surface area contributed by atoms with Crippen LogP contribution in [0, 0.1) is 11.6 Å². The van der Waals surface area contributed by atoms with E-state index in [0.29, 0.717) is 13.0 Å². The molecular weight excluding hydrogens is 238 g/mol. The largest absolute Gasteiger partial charge is 0.396 e. The van der Waals surface area contributed by atoms with Gasteiger partial charge in [-0.2, -0.15) is 0 Å². The first-order valence-electron chi connectivity index (χ1n) is 5.66. The molecule has 0 saturated heterocycles. The van der Waals surface area contributed by atoms with Crippen LogP contribution < -0.4 is 5.73 Å². The van der Waals surface area contributed by atoms with Crippen molar-refractivity contribution in [1.82, 2.24) is 4.90 Å². The molecule has 0 spiro atoms. The van der Waals surface area contributed by atoms with Gasteiger partial charge in [-0.05, 0) is 18.6 Å². The molecule has 0 unspecified atom stereocenters. The van der Waals surface area contributed by atoms with Gasteiger partial charge >= 0.3 is 0 Å². The van der Waals surface area contributed by atoms with Crippen molar-refractivity contribution in [3.8, 4) is 0 Å². The van der Waals surface area contributed by atoms with E-state index in [2.05, 4.69) is 6.58 Å². The number of halogens is 2. The van der Waals surface area contributed by atoms with Gasteiger partial charge in [0, 0.05) is 13.1 Å². The van der Waals surface area contributed by atoms with Crippen LogP contribution in [-0.4, -0.2) is 23.9 Å². The molecule has 18 heavy (non-hydrogen) atoms.